The number of sulfonamides is 1. The molecule has 0 bridgehead atoms. The van der Waals surface area contributed by atoms with Gasteiger partial charge in [0, 0.05) is 12.2 Å². The van der Waals surface area contributed by atoms with Gasteiger partial charge in [-0.25, -0.2) is 13.1 Å². The van der Waals surface area contributed by atoms with Gasteiger partial charge in [0.2, 0.25) is 15.9 Å². The Morgan fingerprint density at radius 1 is 1.35 bits per heavy atom. The van der Waals surface area contributed by atoms with Crippen molar-refractivity contribution in [1.82, 2.24) is 10.0 Å². The van der Waals surface area contributed by atoms with Crippen molar-refractivity contribution in [2.75, 3.05) is 31.6 Å². The fraction of sp³-hybridized carbons (Fsp3) is 0.533. The summed E-state index contributed by atoms with van der Waals surface area (Å²) in [6, 6.07) is 4.94. The molecule has 128 valence electrons. The molecule has 0 atom stereocenters. The molecule has 1 aliphatic heterocycles. The third-order valence-electron chi connectivity index (χ3n) is 4.23. The lowest BCUT2D eigenvalue weighted by Gasteiger charge is -2.18. The number of nitrogens with one attached hydrogen (secondary N) is 2. The highest BCUT2D eigenvalue weighted by Gasteiger charge is 2.27. The summed E-state index contributed by atoms with van der Waals surface area (Å²) in [7, 11) is -2.05. The van der Waals surface area contributed by atoms with E-state index in [9.17, 15) is 13.2 Å². The number of carbonyl (C=O) groups excluding carboxylic acids is 1. The number of carbonyl (C=O) groups is 1. The molecule has 6 nitrogen and oxygen atoms in total. The SMILES string of the molecule is CNS(=O)(=O)c1ccc2c(c1)CCN2C(=O)CNCC1CC1.Cl. The zero-order valence-electron chi connectivity index (χ0n) is 13.0. The van der Waals surface area contributed by atoms with Crippen molar-refractivity contribution in [3.8, 4) is 0 Å². The van der Waals surface area contributed by atoms with Gasteiger partial charge in [0.05, 0.1) is 11.4 Å². The van der Waals surface area contributed by atoms with E-state index in [1.54, 1.807) is 23.1 Å². The van der Waals surface area contributed by atoms with Crippen LogP contribution >= 0.6 is 12.4 Å². The topological polar surface area (TPSA) is 78.5 Å². The minimum atomic E-state index is -3.44. The molecule has 0 aromatic heterocycles. The molecule has 1 heterocycles. The maximum atomic E-state index is 12.3. The number of benzene rings is 1. The Hall–Kier alpha value is -1.15. The zero-order valence-corrected chi connectivity index (χ0v) is 14.7. The van der Waals surface area contributed by atoms with Crippen molar-refractivity contribution in [3.63, 3.8) is 0 Å². The molecule has 1 aromatic carbocycles. The Balaban J connectivity index is 0.00000192. The summed E-state index contributed by atoms with van der Waals surface area (Å²) in [5.41, 5.74) is 1.74. The standard InChI is InChI=1S/C15H21N3O3S.ClH/c1-16-22(20,21)13-4-5-14-12(8-13)6-7-18(14)15(19)10-17-9-11-2-3-11;/h4-5,8,11,16-17H,2-3,6-7,9-10H2,1H3;1H. The average Bonchev–Trinajstić information content (AvgIpc) is 3.23. The normalized spacial score (nSPS) is 16.8. The second kappa shape index (κ2) is 7.17. The van der Waals surface area contributed by atoms with E-state index in [1.165, 1.54) is 19.9 Å². The van der Waals surface area contributed by atoms with Gasteiger partial charge in [0.1, 0.15) is 0 Å². The largest absolute Gasteiger partial charge is 0.311 e. The van der Waals surface area contributed by atoms with Crippen LogP contribution in [0.15, 0.2) is 23.1 Å². The molecule has 23 heavy (non-hydrogen) atoms. The van der Waals surface area contributed by atoms with Crippen LogP contribution < -0.4 is 14.9 Å². The summed E-state index contributed by atoms with van der Waals surface area (Å²) in [4.78, 5) is 14.3. The van der Waals surface area contributed by atoms with Gasteiger partial charge >= 0.3 is 0 Å². The van der Waals surface area contributed by atoms with Crippen molar-refractivity contribution in [3.05, 3.63) is 23.8 Å². The lowest BCUT2D eigenvalue weighted by Crippen LogP contribution is -2.37. The van der Waals surface area contributed by atoms with Crippen LogP contribution in [0.5, 0.6) is 0 Å². The molecule has 1 aromatic rings. The van der Waals surface area contributed by atoms with Crippen LogP contribution in [0, 0.1) is 5.92 Å². The van der Waals surface area contributed by atoms with E-state index >= 15 is 0 Å². The van der Waals surface area contributed by atoms with Gasteiger partial charge in [-0.15, -0.1) is 12.4 Å². The summed E-state index contributed by atoms with van der Waals surface area (Å²) in [6.45, 7) is 1.86. The molecule has 2 N–H and O–H groups in total. The molecule has 0 radical (unpaired) electrons. The quantitative estimate of drug-likeness (QED) is 0.791. The van der Waals surface area contributed by atoms with Gasteiger partial charge in [-0.05, 0) is 62.5 Å². The van der Waals surface area contributed by atoms with Gasteiger partial charge in [-0.1, -0.05) is 0 Å². The van der Waals surface area contributed by atoms with Gasteiger partial charge < -0.3 is 10.2 Å². The molecule has 8 heteroatoms. The number of hydrogen-bond donors (Lipinski definition) is 2. The second-order valence-corrected chi connectivity index (χ2v) is 7.75. The Morgan fingerprint density at radius 3 is 2.74 bits per heavy atom. The summed E-state index contributed by atoms with van der Waals surface area (Å²) in [5.74, 6) is 0.789. The first-order valence-electron chi connectivity index (χ1n) is 7.59. The van der Waals surface area contributed by atoms with E-state index < -0.39 is 10.0 Å². The summed E-state index contributed by atoms with van der Waals surface area (Å²) in [5, 5.41) is 3.20. The molecule has 1 fully saturated rings. The summed E-state index contributed by atoms with van der Waals surface area (Å²) >= 11 is 0. The highest BCUT2D eigenvalue weighted by atomic mass is 35.5. The van der Waals surface area contributed by atoms with Crippen LogP contribution in [0.3, 0.4) is 0 Å². The van der Waals surface area contributed by atoms with E-state index in [0.717, 1.165) is 23.7 Å². The third kappa shape index (κ3) is 4.03. The van der Waals surface area contributed by atoms with Crippen molar-refractivity contribution < 1.29 is 13.2 Å². The van der Waals surface area contributed by atoms with E-state index in [-0.39, 0.29) is 23.2 Å². The lowest BCUT2D eigenvalue weighted by molar-refractivity contribution is -0.117. The van der Waals surface area contributed by atoms with Gasteiger partial charge in [-0.2, -0.15) is 0 Å². The molecule has 0 unspecified atom stereocenters. The number of halogens is 1. The fourth-order valence-corrected chi connectivity index (χ4v) is 3.50. The number of nitrogens with zero attached hydrogens (tertiary/aromatic N) is 1. The first kappa shape index (κ1) is 18.2. The first-order chi connectivity index (χ1) is 10.5. The second-order valence-electron chi connectivity index (χ2n) is 5.87. The lowest BCUT2D eigenvalue weighted by atomic mass is 10.2. The highest BCUT2D eigenvalue weighted by molar-refractivity contribution is 7.89. The number of anilines is 1. The fourth-order valence-electron chi connectivity index (χ4n) is 2.72. The maximum absolute atomic E-state index is 12.3. The van der Waals surface area contributed by atoms with Crippen LogP contribution in [0.2, 0.25) is 0 Å². The minimum absolute atomic E-state index is 0. The van der Waals surface area contributed by atoms with Crippen LogP contribution in [0.4, 0.5) is 5.69 Å². The molecule has 0 spiro atoms. The third-order valence-corrected chi connectivity index (χ3v) is 5.64. The van der Waals surface area contributed by atoms with Crippen LogP contribution in [-0.4, -0.2) is 41.0 Å². The number of rotatable bonds is 6. The van der Waals surface area contributed by atoms with Crippen LogP contribution in [0.1, 0.15) is 18.4 Å². The van der Waals surface area contributed by atoms with Crippen molar-refractivity contribution in [2.24, 2.45) is 5.92 Å². The van der Waals surface area contributed by atoms with Crippen molar-refractivity contribution >= 4 is 34.0 Å². The van der Waals surface area contributed by atoms with Gasteiger partial charge in [0.25, 0.3) is 0 Å². The molecular formula is C15H22ClN3O3S. The van der Waals surface area contributed by atoms with Crippen molar-refractivity contribution in [2.45, 2.75) is 24.2 Å². The molecule has 1 saturated carbocycles. The van der Waals surface area contributed by atoms with E-state index in [0.29, 0.717) is 19.5 Å². The zero-order chi connectivity index (χ0) is 15.7. The van der Waals surface area contributed by atoms with Crippen LogP contribution in [0.25, 0.3) is 0 Å². The van der Waals surface area contributed by atoms with E-state index in [4.69, 9.17) is 0 Å². The van der Waals surface area contributed by atoms with E-state index in [1.807, 2.05) is 0 Å². The van der Waals surface area contributed by atoms with E-state index in [2.05, 4.69) is 10.0 Å². The number of amides is 1. The monoisotopic (exact) mass is 359 g/mol. The summed E-state index contributed by atoms with van der Waals surface area (Å²) in [6.07, 6.45) is 3.21. The predicted octanol–water partition coefficient (Wildman–Crippen LogP) is 0.905. The number of fused-ring (bicyclic) bond motifs is 1. The molecule has 1 aliphatic carbocycles. The summed E-state index contributed by atoms with van der Waals surface area (Å²) < 4.78 is 26.0. The average molecular weight is 360 g/mol. The minimum Gasteiger partial charge on any atom is -0.311 e. The highest BCUT2D eigenvalue weighted by Crippen LogP contribution is 2.30. The molecule has 1 amide bonds. The molecule has 2 aliphatic rings. The number of hydrogen-bond acceptors (Lipinski definition) is 4. The smallest absolute Gasteiger partial charge is 0.240 e. The Kier molecular flexibility index (Phi) is 5.67. The molecule has 0 saturated heterocycles. The van der Waals surface area contributed by atoms with Crippen LogP contribution in [-0.2, 0) is 21.2 Å². The Bertz CT molecular complexity index is 689. The predicted molar refractivity (Wildman–Crippen MR) is 91.6 cm³/mol. The van der Waals surface area contributed by atoms with Gasteiger partial charge in [-0.3, -0.25) is 4.79 Å². The Labute approximate surface area is 143 Å². The Morgan fingerprint density at radius 2 is 2.09 bits per heavy atom. The maximum Gasteiger partial charge on any atom is 0.240 e. The first-order valence-corrected chi connectivity index (χ1v) is 9.07. The van der Waals surface area contributed by atoms with Gasteiger partial charge in [0.15, 0.2) is 0 Å². The molecule has 3 rings (SSSR count). The van der Waals surface area contributed by atoms with Crippen molar-refractivity contribution in [1.29, 1.82) is 0 Å². The molecular weight excluding hydrogens is 338 g/mol.